The summed E-state index contributed by atoms with van der Waals surface area (Å²) < 4.78 is 0. The lowest BCUT2D eigenvalue weighted by Gasteiger charge is -2.23. The van der Waals surface area contributed by atoms with Crippen molar-refractivity contribution >= 4 is 41.4 Å². The number of carbonyl (C=O) groups is 5. The Morgan fingerprint density at radius 3 is 2.12 bits per heavy atom. The van der Waals surface area contributed by atoms with Gasteiger partial charge >= 0.3 is 5.97 Å². The van der Waals surface area contributed by atoms with Gasteiger partial charge in [0.25, 0.3) is 0 Å². The van der Waals surface area contributed by atoms with Crippen LogP contribution in [0.15, 0.2) is 30.3 Å². The SMILES string of the molecule is CSCCC(NC(=O)C(C)NC(=O)C(N)Cc1ccccc1)C(=O)NC(CCC(N)=O)C(=O)O. The molecule has 4 unspecified atom stereocenters. The second kappa shape index (κ2) is 14.9. The van der Waals surface area contributed by atoms with Crippen molar-refractivity contribution in [3.63, 3.8) is 0 Å². The number of carbonyl (C=O) groups excluding carboxylic acids is 4. The Bertz CT molecular complexity index is 853. The topological polar surface area (TPSA) is 194 Å². The van der Waals surface area contributed by atoms with Gasteiger partial charge < -0.3 is 32.5 Å². The number of nitrogens with two attached hydrogens (primary N) is 2. The molecule has 1 aromatic carbocycles. The molecule has 188 valence electrons. The molecule has 11 nitrogen and oxygen atoms in total. The summed E-state index contributed by atoms with van der Waals surface area (Å²) in [5.74, 6) is -3.35. The minimum Gasteiger partial charge on any atom is -0.480 e. The highest BCUT2D eigenvalue weighted by Gasteiger charge is 2.28. The van der Waals surface area contributed by atoms with Crippen LogP contribution in [0.4, 0.5) is 0 Å². The van der Waals surface area contributed by atoms with Crippen LogP contribution in [0.5, 0.6) is 0 Å². The molecule has 0 radical (unpaired) electrons. The maximum atomic E-state index is 12.7. The number of aliphatic carboxylic acids is 1. The molecule has 12 heteroatoms. The maximum absolute atomic E-state index is 12.7. The van der Waals surface area contributed by atoms with Crippen molar-refractivity contribution < 1.29 is 29.1 Å². The van der Waals surface area contributed by atoms with Crippen LogP contribution in [0, 0.1) is 0 Å². The molecule has 0 bridgehead atoms. The van der Waals surface area contributed by atoms with Crippen molar-refractivity contribution in [1.29, 1.82) is 0 Å². The molecule has 0 heterocycles. The van der Waals surface area contributed by atoms with Crippen LogP contribution >= 0.6 is 11.8 Å². The summed E-state index contributed by atoms with van der Waals surface area (Å²) in [6, 6.07) is 4.98. The molecule has 1 aromatic rings. The summed E-state index contributed by atoms with van der Waals surface area (Å²) in [5.41, 5.74) is 11.9. The van der Waals surface area contributed by atoms with Gasteiger partial charge in [-0.2, -0.15) is 11.8 Å². The van der Waals surface area contributed by atoms with Gasteiger partial charge in [0, 0.05) is 6.42 Å². The van der Waals surface area contributed by atoms with Crippen molar-refractivity contribution in [2.75, 3.05) is 12.0 Å². The first-order chi connectivity index (χ1) is 16.0. The number of primary amides is 1. The van der Waals surface area contributed by atoms with Crippen LogP contribution in [-0.2, 0) is 30.4 Å². The van der Waals surface area contributed by atoms with Gasteiger partial charge in [0.2, 0.25) is 23.6 Å². The molecule has 0 saturated heterocycles. The van der Waals surface area contributed by atoms with Crippen LogP contribution < -0.4 is 27.4 Å². The number of hydrogen-bond donors (Lipinski definition) is 6. The first kappa shape index (κ1) is 28.9. The number of carboxylic acids is 1. The van der Waals surface area contributed by atoms with Crippen LogP contribution in [0.2, 0.25) is 0 Å². The van der Waals surface area contributed by atoms with E-state index in [9.17, 15) is 29.1 Å². The number of thioether (sulfide) groups is 1. The highest BCUT2D eigenvalue weighted by atomic mass is 32.2. The Morgan fingerprint density at radius 1 is 0.941 bits per heavy atom. The van der Waals surface area contributed by atoms with E-state index in [4.69, 9.17) is 11.5 Å². The zero-order valence-corrected chi connectivity index (χ0v) is 20.1. The first-order valence-electron chi connectivity index (χ1n) is 10.8. The second-order valence-electron chi connectivity index (χ2n) is 7.77. The number of benzene rings is 1. The third-order valence-electron chi connectivity index (χ3n) is 4.92. The van der Waals surface area contributed by atoms with Crippen molar-refractivity contribution in [1.82, 2.24) is 16.0 Å². The van der Waals surface area contributed by atoms with E-state index in [-0.39, 0.29) is 19.3 Å². The van der Waals surface area contributed by atoms with Gasteiger partial charge in [-0.1, -0.05) is 30.3 Å². The predicted octanol–water partition coefficient (Wildman–Crippen LogP) is -0.866. The fourth-order valence-electron chi connectivity index (χ4n) is 2.96. The molecule has 0 aliphatic rings. The predicted molar refractivity (Wildman–Crippen MR) is 129 cm³/mol. The van der Waals surface area contributed by atoms with Crippen LogP contribution in [0.25, 0.3) is 0 Å². The van der Waals surface area contributed by atoms with Gasteiger partial charge in [-0.25, -0.2) is 4.79 Å². The number of rotatable bonds is 15. The van der Waals surface area contributed by atoms with Crippen LogP contribution in [-0.4, -0.2) is 70.9 Å². The highest BCUT2D eigenvalue weighted by Crippen LogP contribution is 2.05. The van der Waals surface area contributed by atoms with E-state index >= 15 is 0 Å². The molecule has 0 aliphatic carbocycles. The lowest BCUT2D eigenvalue weighted by Crippen LogP contribution is -2.56. The molecule has 34 heavy (non-hydrogen) atoms. The largest absolute Gasteiger partial charge is 0.480 e. The summed E-state index contributed by atoms with van der Waals surface area (Å²) in [4.78, 5) is 60.1. The van der Waals surface area contributed by atoms with Gasteiger partial charge in [-0.15, -0.1) is 0 Å². The summed E-state index contributed by atoms with van der Waals surface area (Å²) in [5, 5.41) is 16.7. The Kier molecular flexibility index (Phi) is 12.7. The zero-order chi connectivity index (χ0) is 25.7. The number of nitrogens with one attached hydrogen (secondary N) is 3. The van der Waals surface area contributed by atoms with Crippen LogP contribution in [0.1, 0.15) is 31.7 Å². The molecule has 0 saturated carbocycles. The summed E-state index contributed by atoms with van der Waals surface area (Å²) in [6.07, 6.45) is 1.95. The van der Waals surface area contributed by atoms with E-state index in [1.54, 1.807) is 0 Å². The fourth-order valence-corrected chi connectivity index (χ4v) is 3.44. The maximum Gasteiger partial charge on any atom is 0.326 e. The lowest BCUT2D eigenvalue weighted by molar-refractivity contribution is -0.142. The third-order valence-corrected chi connectivity index (χ3v) is 5.57. The summed E-state index contributed by atoms with van der Waals surface area (Å²) in [6.45, 7) is 1.46. The quantitative estimate of drug-likeness (QED) is 0.181. The van der Waals surface area contributed by atoms with Crippen molar-refractivity contribution in [3.8, 4) is 0 Å². The average molecular weight is 496 g/mol. The Morgan fingerprint density at radius 2 is 1.56 bits per heavy atom. The van der Waals surface area contributed by atoms with E-state index in [0.29, 0.717) is 12.2 Å². The second-order valence-corrected chi connectivity index (χ2v) is 8.76. The molecule has 8 N–H and O–H groups in total. The smallest absolute Gasteiger partial charge is 0.326 e. The molecule has 1 rings (SSSR count). The van der Waals surface area contributed by atoms with Gasteiger partial charge in [0.1, 0.15) is 18.1 Å². The van der Waals surface area contributed by atoms with Gasteiger partial charge in [-0.3, -0.25) is 19.2 Å². The number of amides is 4. The Hall–Kier alpha value is -3.12. The summed E-state index contributed by atoms with van der Waals surface area (Å²) in [7, 11) is 0. The molecule has 4 atom stereocenters. The van der Waals surface area contributed by atoms with Gasteiger partial charge in [-0.05, 0) is 43.8 Å². The van der Waals surface area contributed by atoms with E-state index in [2.05, 4.69) is 16.0 Å². The highest BCUT2D eigenvalue weighted by molar-refractivity contribution is 7.98. The minimum absolute atomic E-state index is 0.175. The molecule has 0 fully saturated rings. The molecule has 4 amide bonds. The third kappa shape index (κ3) is 10.7. The Balaban J connectivity index is 2.72. The molecule has 0 aliphatic heterocycles. The van der Waals surface area contributed by atoms with Gasteiger partial charge in [0.15, 0.2) is 0 Å². The molecule has 0 aromatic heterocycles. The number of hydrogen-bond acceptors (Lipinski definition) is 7. The minimum atomic E-state index is -1.33. The molecular weight excluding hydrogens is 462 g/mol. The fraction of sp³-hybridized carbons (Fsp3) is 0.500. The van der Waals surface area contributed by atoms with E-state index in [1.165, 1.54) is 18.7 Å². The first-order valence-corrected chi connectivity index (χ1v) is 12.1. The molecular formula is C22H33N5O6S. The van der Waals surface area contributed by atoms with Crippen molar-refractivity contribution in [2.45, 2.75) is 56.8 Å². The average Bonchev–Trinajstić information content (AvgIpc) is 2.79. The van der Waals surface area contributed by atoms with Gasteiger partial charge in [0.05, 0.1) is 6.04 Å². The van der Waals surface area contributed by atoms with Crippen molar-refractivity contribution in [3.05, 3.63) is 35.9 Å². The standard InChI is InChI=1S/C22H33N5O6S/c1-13(25-20(30)15(23)12-14-6-4-3-5-7-14)19(29)26-16(10-11-34-2)21(31)27-17(22(32)33)8-9-18(24)28/h3-7,13,15-17H,8-12,23H2,1-2H3,(H2,24,28)(H,25,30)(H,26,29)(H,27,31)(H,32,33). The number of carboxylic acid groups (broad SMARTS) is 1. The van der Waals surface area contributed by atoms with E-state index < -0.39 is 53.8 Å². The summed E-state index contributed by atoms with van der Waals surface area (Å²) >= 11 is 1.44. The normalized spacial score (nSPS) is 14.2. The van der Waals surface area contributed by atoms with Crippen LogP contribution in [0.3, 0.4) is 0 Å². The van der Waals surface area contributed by atoms with E-state index in [1.807, 2.05) is 36.6 Å². The Labute approximate surface area is 202 Å². The van der Waals surface area contributed by atoms with Crippen molar-refractivity contribution in [2.24, 2.45) is 11.5 Å². The van der Waals surface area contributed by atoms with E-state index in [0.717, 1.165) is 5.56 Å². The molecule has 0 spiro atoms. The monoisotopic (exact) mass is 495 g/mol. The lowest BCUT2D eigenvalue weighted by atomic mass is 10.1. The zero-order valence-electron chi connectivity index (χ0n) is 19.3.